The van der Waals surface area contributed by atoms with E-state index in [1.54, 1.807) is 55.5 Å². The number of halogens is 1. The molecule has 2 N–H and O–H groups in total. The van der Waals surface area contributed by atoms with Gasteiger partial charge in [-0.2, -0.15) is 0 Å². The number of nitrogens with one attached hydrogen (secondary N) is 2. The second-order valence-electron chi connectivity index (χ2n) is 7.35. The Bertz CT molecular complexity index is 1470. The van der Waals surface area contributed by atoms with Crippen molar-refractivity contribution in [3.8, 4) is 0 Å². The lowest BCUT2D eigenvalue weighted by Crippen LogP contribution is -2.17. The fraction of sp³-hybridized carbons (Fsp3) is 0.125. The van der Waals surface area contributed by atoms with Crippen molar-refractivity contribution < 1.29 is 22.3 Å². The molecule has 4 aromatic rings. The molecule has 34 heavy (non-hydrogen) atoms. The molecule has 3 aromatic carbocycles. The van der Waals surface area contributed by atoms with E-state index in [2.05, 4.69) is 20.0 Å². The van der Waals surface area contributed by atoms with Gasteiger partial charge in [0.2, 0.25) is 0 Å². The van der Waals surface area contributed by atoms with Crippen LogP contribution < -0.4 is 10.0 Å². The van der Waals surface area contributed by atoms with Gasteiger partial charge in [-0.15, -0.1) is 0 Å². The van der Waals surface area contributed by atoms with E-state index in [-0.39, 0.29) is 28.7 Å². The SMILES string of the molecule is CCOC(=O)c1ccc(Nc2nc3ccccc3nc2NS(=O)(=O)c2ccc(F)cc2C)cc1. The molecule has 0 saturated heterocycles. The molecule has 0 amide bonds. The summed E-state index contributed by atoms with van der Waals surface area (Å²) in [5, 5.41) is 3.05. The molecule has 0 spiro atoms. The molecule has 0 aliphatic carbocycles. The van der Waals surface area contributed by atoms with Crippen LogP contribution in [0.25, 0.3) is 11.0 Å². The lowest BCUT2D eigenvalue weighted by molar-refractivity contribution is 0.0526. The molecular weight excluding hydrogens is 459 g/mol. The van der Waals surface area contributed by atoms with Gasteiger partial charge < -0.3 is 10.1 Å². The minimum absolute atomic E-state index is 0.0307. The second-order valence-corrected chi connectivity index (χ2v) is 9.00. The summed E-state index contributed by atoms with van der Waals surface area (Å²) in [6.45, 7) is 3.50. The van der Waals surface area contributed by atoms with Crippen LogP contribution in [0.2, 0.25) is 0 Å². The Labute approximate surface area is 195 Å². The monoisotopic (exact) mass is 480 g/mol. The maximum Gasteiger partial charge on any atom is 0.338 e. The molecule has 0 aliphatic heterocycles. The van der Waals surface area contributed by atoms with Crippen molar-refractivity contribution in [2.75, 3.05) is 16.6 Å². The summed E-state index contributed by atoms with van der Waals surface area (Å²) >= 11 is 0. The topological polar surface area (TPSA) is 110 Å². The highest BCUT2D eigenvalue weighted by atomic mass is 32.2. The number of fused-ring (bicyclic) bond motifs is 1. The average Bonchev–Trinajstić information content (AvgIpc) is 2.79. The van der Waals surface area contributed by atoms with Gasteiger partial charge in [-0.3, -0.25) is 4.72 Å². The van der Waals surface area contributed by atoms with Crippen LogP contribution in [0.15, 0.2) is 71.6 Å². The molecule has 174 valence electrons. The largest absolute Gasteiger partial charge is 0.462 e. The number of hydrogen-bond acceptors (Lipinski definition) is 7. The number of carbonyl (C=O) groups is 1. The molecule has 0 radical (unpaired) electrons. The maximum atomic E-state index is 13.5. The van der Waals surface area contributed by atoms with Gasteiger partial charge in [-0.25, -0.2) is 27.6 Å². The number of ether oxygens (including phenoxy) is 1. The van der Waals surface area contributed by atoms with Gasteiger partial charge in [0, 0.05) is 5.69 Å². The van der Waals surface area contributed by atoms with E-state index in [1.165, 1.54) is 13.0 Å². The van der Waals surface area contributed by atoms with E-state index in [0.29, 0.717) is 22.3 Å². The van der Waals surface area contributed by atoms with Gasteiger partial charge in [-0.05, 0) is 74.0 Å². The molecule has 0 atom stereocenters. The molecule has 1 aromatic heterocycles. The standard InChI is InChI=1S/C24H21FN4O4S/c1-3-33-24(30)16-8-11-18(12-9-16)26-22-23(28-20-7-5-4-6-19(20)27-22)29-34(31,32)21-13-10-17(25)14-15(21)2/h4-14H,3H2,1-2H3,(H,26,27)(H,28,29). The van der Waals surface area contributed by atoms with Gasteiger partial charge in [0.1, 0.15) is 5.82 Å². The molecule has 0 bridgehead atoms. The Morgan fingerprint density at radius 2 is 1.62 bits per heavy atom. The van der Waals surface area contributed by atoms with Crippen molar-refractivity contribution in [1.29, 1.82) is 0 Å². The van der Waals surface area contributed by atoms with Crippen LogP contribution in [0, 0.1) is 12.7 Å². The van der Waals surface area contributed by atoms with E-state index in [1.807, 2.05) is 0 Å². The highest BCUT2D eigenvalue weighted by Gasteiger charge is 2.21. The van der Waals surface area contributed by atoms with Gasteiger partial charge >= 0.3 is 5.97 Å². The van der Waals surface area contributed by atoms with Gasteiger partial charge in [-0.1, -0.05) is 12.1 Å². The maximum absolute atomic E-state index is 13.5. The average molecular weight is 481 g/mol. The predicted octanol–water partition coefficient (Wildman–Crippen LogP) is 4.80. The Balaban J connectivity index is 1.71. The zero-order chi connectivity index (χ0) is 24.3. The zero-order valence-corrected chi connectivity index (χ0v) is 19.2. The summed E-state index contributed by atoms with van der Waals surface area (Å²) < 4.78 is 47.1. The van der Waals surface area contributed by atoms with E-state index < -0.39 is 21.8 Å². The van der Waals surface area contributed by atoms with Crippen molar-refractivity contribution in [2.45, 2.75) is 18.7 Å². The van der Waals surface area contributed by atoms with Gasteiger partial charge in [0.15, 0.2) is 11.6 Å². The van der Waals surface area contributed by atoms with Crippen molar-refractivity contribution in [1.82, 2.24) is 9.97 Å². The molecule has 0 saturated carbocycles. The molecule has 0 unspecified atom stereocenters. The highest BCUT2D eigenvalue weighted by Crippen LogP contribution is 2.28. The lowest BCUT2D eigenvalue weighted by Gasteiger charge is -2.15. The van der Waals surface area contributed by atoms with Crippen molar-refractivity contribution >= 4 is 44.3 Å². The fourth-order valence-corrected chi connectivity index (χ4v) is 4.53. The second kappa shape index (κ2) is 9.44. The van der Waals surface area contributed by atoms with Crippen molar-refractivity contribution in [2.24, 2.45) is 0 Å². The number of esters is 1. The third kappa shape index (κ3) is 4.96. The van der Waals surface area contributed by atoms with Crippen LogP contribution in [-0.2, 0) is 14.8 Å². The Morgan fingerprint density at radius 3 is 2.24 bits per heavy atom. The number of carbonyl (C=O) groups excluding carboxylic acids is 1. The van der Waals surface area contributed by atoms with Crippen LogP contribution in [0.4, 0.5) is 21.7 Å². The summed E-state index contributed by atoms with van der Waals surface area (Å²) in [5.41, 5.74) is 2.22. The van der Waals surface area contributed by atoms with Crippen molar-refractivity contribution in [3.05, 3.63) is 83.7 Å². The van der Waals surface area contributed by atoms with E-state index in [0.717, 1.165) is 12.1 Å². The molecule has 0 aliphatic rings. The summed E-state index contributed by atoms with van der Waals surface area (Å²) in [4.78, 5) is 20.8. The molecule has 8 nitrogen and oxygen atoms in total. The van der Waals surface area contributed by atoms with E-state index >= 15 is 0 Å². The number of aromatic nitrogens is 2. The number of para-hydroxylation sites is 2. The Kier molecular flexibility index (Phi) is 6.42. The zero-order valence-electron chi connectivity index (χ0n) is 18.4. The molecular formula is C24H21FN4O4S. The van der Waals surface area contributed by atoms with Gasteiger partial charge in [0.25, 0.3) is 10.0 Å². The fourth-order valence-electron chi connectivity index (χ4n) is 3.30. The number of sulfonamides is 1. The molecule has 10 heteroatoms. The Hall–Kier alpha value is -4.05. The van der Waals surface area contributed by atoms with Crippen LogP contribution >= 0.6 is 0 Å². The predicted molar refractivity (Wildman–Crippen MR) is 127 cm³/mol. The minimum atomic E-state index is -4.09. The first-order valence-electron chi connectivity index (χ1n) is 10.4. The summed E-state index contributed by atoms with van der Waals surface area (Å²) in [7, 11) is -4.09. The van der Waals surface area contributed by atoms with Crippen LogP contribution in [0.1, 0.15) is 22.8 Å². The summed E-state index contributed by atoms with van der Waals surface area (Å²) in [5.74, 6) is -0.846. The first-order valence-corrected chi connectivity index (χ1v) is 11.8. The third-order valence-electron chi connectivity index (χ3n) is 4.89. The normalized spacial score (nSPS) is 11.3. The summed E-state index contributed by atoms with van der Waals surface area (Å²) in [6.07, 6.45) is 0. The number of rotatable bonds is 7. The van der Waals surface area contributed by atoms with Gasteiger partial charge in [0.05, 0.1) is 28.1 Å². The van der Waals surface area contributed by atoms with Crippen LogP contribution in [-0.4, -0.2) is 31.0 Å². The first-order chi connectivity index (χ1) is 16.3. The molecule has 0 fully saturated rings. The van der Waals surface area contributed by atoms with E-state index in [9.17, 15) is 17.6 Å². The summed E-state index contributed by atoms with van der Waals surface area (Å²) in [6, 6.07) is 16.9. The number of hydrogen-bond donors (Lipinski definition) is 2. The number of benzene rings is 3. The van der Waals surface area contributed by atoms with Crippen LogP contribution in [0.3, 0.4) is 0 Å². The van der Waals surface area contributed by atoms with Crippen molar-refractivity contribution in [3.63, 3.8) is 0 Å². The molecule has 4 rings (SSSR count). The number of nitrogens with zero attached hydrogens (tertiary/aromatic N) is 2. The minimum Gasteiger partial charge on any atom is -0.462 e. The smallest absolute Gasteiger partial charge is 0.338 e. The first kappa shape index (κ1) is 23.1. The Morgan fingerprint density at radius 1 is 0.971 bits per heavy atom. The highest BCUT2D eigenvalue weighted by molar-refractivity contribution is 7.92. The quantitative estimate of drug-likeness (QED) is 0.366. The number of anilines is 3. The number of aryl methyl sites for hydroxylation is 1. The lowest BCUT2D eigenvalue weighted by atomic mass is 10.2. The molecule has 1 heterocycles. The van der Waals surface area contributed by atoms with Crippen LogP contribution in [0.5, 0.6) is 0 Å². The van der Waals surface area contributed by atoms with E-state index in [4.69, 9.17) is 4.74 Å². The third-order valence-corrected chi connectivity index (χ3v) is 6.39.